The molecule has 1 aliphatic rings. The molecule has 4 aromatic rings. The SMILES string of the molecule is C[C@@H]1CN(c2ccc3ncc(-c4cnc5[nH]ncc5c4)n3n2)C[C@H](C)O1. The van der Waals surface area contributed by atoms with Crippen LogP contribution in [0.4, 0.5) is 5.82 Å². The minimum absolute atomic E-state index is 0.186. The van der Waals surface area contributed by atoms with E-state index in [1.165, 1.54) is 0 Å². The minimum Gasteiger partial charge on any atom is -0.372 e. The second kappa shape index (κ2) is 5.77. The first-order valence-electron chi connectivity index (χ1n) is 8.72. The molecule has 1 aliphatic heterocycles. The summed E-state index contributed by atoms with van der Waals surface area (Å²) in [5, 5.41) is 12.7. The molecule has 0 amide bonds. The molecule has 132 valence electrons. The molecule has 26 heavy (non-hydrogen) atoms. The number of pyridine rings is 1. The Morgan fingerprint density at radius 3 is 2.77 bits per heavy atom. The third-order valence-corrected chi connectivity index (χ3v) is 4.68. The Kier molecular flexibility index (Phi) is 3.39. The summed E-state index contributed by atoms with van der Waals surface area (Å²) < 4.78 is 7.71. The van der Waals surface area contributed by atoms with Crippen LogP contribution in [0.25, 0.3) is 27.9 Å². The average Bonchev–Trinajstić information content (AvgIpc) is 3.26. The number of hydrogen-bond donors (Lipinski definition) is 1. The van der Waals surface area contributed by atoms with E-state index in [1.54, 1.807) is 6.20 Å². The van der Waals surface area contributed by atoms with Gasteiger partial charge in [-0.2, -0.15) is 5.10 Å². The summed E-state index contributed by atoms with van der Waals surface area (Å²) in [4.78, 5) is 11.2. The normalized spacial score (nSPS) is 20.9. The number of nitrogens with zero attached hydrogens (tertiary/aromatic N) is 6. The highest BCUT2D eigenvalue weighted by atomic mass is 16.5. The lowest BCUT2D eigenvalue weighted by Gasteiger charge is -2.35. The van der Waals surface area contributed by atoms with Crippen molar-refractivity contribution in [1.29, 1.82) is 0 Å². The maximum atomic E-state index is 5.83. The van der Waals surface area contributed by atoms with E-state index in [9.17, 15) is 0 Å². The van der Waals surface area contributed by atoms with Gasteiger partial charge in [0.05, 0.1) is 30.3 Å². The fraction of sp³-hybridized carbons (Fsp3) is 0.333. The zero-order valence-electron chi connectivity index (χ0n) is 14.6. The Labute approximate surface area is 149 Å². The van der Waals surface area contributed by atoms with Gasteiger partial charge in [-0.3, -0.25) is 5.10 Å². The molecule has 4 aromatic heterocycles. The van der Waals surface area contributed by atoms with Gasteiger partial charge < -0.3 is 9.64 Å². The molecule has 1 N–H and O–H groups in total. The number of H-pyrrole nitrogens is 1. The molecule has 0 saturated carbocycles. The fourth-order valence-electron chi connectivity index (χ4n) is 3.57. The van der Waals surface area contributed by atoms with Crippen LogP contribution in [-0.4, -0.2) is 55.1 Å². The van der Waals surface area contributed by atoms with Gasteiger partial charge in [0.1, 0.15) is 5.82 Å². The van der Waals surface area contributed by atoms with Crippen LogP contribution in [0.2, 0.25) is 0 Å². The molecule has 5 rings (SSSR count). The second-order valence-corrected chi connectivity index (χ2v) is 6.80. The van der Waals surface area contributed by atoms with Crippen LogP contribution in [0.15, 0.2) is 36.8 Å². The number of hydrogen-bond acceptors (Lipinski definition) is 6. The third kappa shape index (κ3) is 2.50. The molecular formula is C18H19N7O. The van der Waals surface area contributed by atoms with Crippen LogP contribution in [0.1, 0.15) is 13.8 Å². The highest BCUT2D eigenvalue weighted by Crippen LogP contribution is 2.24. The van der Waals surface area contributed by atoms with Crippen molar-refractivity contribution in [1.82, 2.24) is 29.8 Å². The van der Waals surface area contributed by atoms with Crippen molar-refractivity contribution in [3.63, 3.8) is 0 Å². The number of imidazole rings is 1. The Balaban J connectivity index is 1.58. The number of rotatable bonds is 2. The van der Waals surface area contributed by atoms with Crippen molar-refractivity contribution in [3.05, 3.63) is 36.8 Å². The molecule has 1 fully saturated rings. The largest absolute Gasteiger partial charge is 0.372 e. The standard InChI is InChI=1S/C18H19N7O/c1-11-9-24(10-12(2)26-11)17-4-3-16-19-8-15(25(16)23-17)13-5-14-7-21-22-18(14)20-6-13/h3-8,11-12H,9-10H2,1-2H3,(H,20,21,22)/t11-,12+. The van der Waals surface area contributed by atoms with Crippen LogP contribution >= 0.6 is 0 Å². The Bertz CT molecular complexity index is 1080. The summed E-state index contributed by atoms with van der Waals surface area (Å²) in [5.74, 6) is 0.927. The van der Waals surface area contributed by atoms with Crippen LogP contribution < -0.4 is 4.90 Å². The molecule has 2 atom stereocenters. The number of ether oxygens (including phenoxy) is 1. The van der Waals surface area contributed by atoms with Crippen molar-refractivity contribution in [2.75, 3.05) is 18.0 Å². The van der Waals surface area contributed by atoms with Crippen molar-refractivity contribution < 1.29 is 4.74 Å². The van der Waals surface area contributed by atoms with Crippen LogP contribution in [-0.2, 0) is 4.74 Å². The zero-order chi connectivity index (χ0) is 17.7. The zero-order valence-corrected chi connectivity index (χ0v) is 14.6. The number of nitrogens with one attached hydrogen (secondary N) is 1. The van der Waals surface area contributed by atoms with Gasteiger partial charge in [-0.05, 0) is 32.0 Å². The molecule has 1 saturated heterocycles. The summed E-state index contributed by atoms with van der Waals surface area (Å²) in [6.07, 6.45) is 5.79. The van der Waals surface area contributed by atoms with Crippen LogP contribution in [0.3, 0.4) is 0 Å². The topological polar surface area (TPSA) is 84.2 Å². The Hall–Kier alpha value is -3.00. The highest BCUT2D eigenvalue weighted by molar-refractivity contribution is 5.79. The second-order valence-electron chi connectivity index (χ2n) is 6.80. The van der Waals surface area contributed by atoms with E-state index >= 15 is 0 Å². The molecule has 0 bridgehead atoms. The first-order chi connectivity index (χ1) is 12.7. The van der Waals surface area contributed by atoms with Gasteiger partial charge in [0, 0.05) is 30.2 Å². The Morgan fingerprint density at radius 2 is 1.92 bits per heavy atom. The lowest BCUT2D eigenvalue weighted by Crippen LogP contribution is -2.46. The lowest BCUT2D eigenvalue weighted by atomic mass is 10.2. The Morgan fingerprint density at radius 1 is 1.08 bits per heavy atom. The average molecular weight is 349 g/mol. The van der Waals surface area contributed by atoms with E-state index < -0.39 is 0 Å². The molecule has 5 heterocycles. The predicted molar refractivity (Wildman–Crippen MR) is 98.1 cm³/mol. The van der Waals surface area contributed by atoms with Gasteiger partial charge >= 0.3 is 0 Å². The van der Waals surface area contributed by atoms with Crippen LogP contribution in [0.5, 0.6) is 0 Å². The van der Waals surface area contributed by atoms with Gasteiger partial charge in [-0.1, -0.05) is 0 Å². The molecule has 0 unspecified atom stereocenters. The van der Waals surface area contributed by atoms with Crippen molar-refractivity contribution >= 4 is 22.5 Å². The highest BCUT2D eigenvalue weighted by Gasteiger charge is 2.23. The molecular weight excluding hydrogens is 330 g/mol. The van der Waals surface area contributed by atoms with Gasteiger partial charge in [-0.25, -0.2) is 14.5 Å². The van der Waals surface area contributed by atoms with Gasteiger partial charge in [-0.15, -0.1) is 5.10 Å². The molecule has 0 aromatic carbocycles. The molecule has 8 nitrogen and oxygen atoms in total. The lowest BCUT2D eigenvalue weighted by molar-refractivity contribution is -0.00551. The van der Waals surface area contributed by atoms with E-state index in [1.807, 2.05) is 35.1 Å². The number of morpholine rings is 1. The third-order valence-electron chi connectivity index (χ3n) is 4.68. The maximum absolute atomic E-state index is 5.83. The molecule has 0 radical (unpaired) electrons. The van der Waals surface area contributed by atoms with Crippen molar-refractivity contribution in [3.8, 4) is 11.3 Å². The summed E-state index contributed by atoms with van der Waals surface area (Å²) in [6, 6.07) is 6.07. The molecule has 0 spiro atoms. The van der Waals surface area contributed by atoms with E-state index in [2.05, 4.69) is 38.9 Å². The maximum Gasteiger partial charge on any atom is 0.155 e. The monoisotopic (exact) mass is 349 g/mol. The van der Waals surface area contributed by atoms with E-state index in [-0.39, 0.29) is 12.2 Å². The van der Waals surface area contributed by atoms with Crippen molar-refractivity contribution in [2.45, 2.75) is 26.1 Å². The summed E-state index contributed by atoms with van der Waals surface area (Å²) in [7, 11) is 0. The van der Waals surface area contributed by atoms with Gasteiger partial charge in [0.15, 0.2) is 11.3 Å². The summed E-state index contributed by atoms with van der Waals surface area (Å²) in [5.41, 5.74) is 3.45. The van der Waals surface area contributed by atoms with E-state index in [4.69, 9.17) is 9.84 Å². The molecule has 0 aliphatic carbocycles. The first-order valence-corrected chi connectivity index (χ1v) is 8.72. The predicted octanol–water partition coefficient (Wildman–Crippen LogP) is 2.28. The van der Waals surface area contributed by atoms with Gasteiger partial charge in [0.2, 0.25) is 0 Å². The van der Waals surface area contributed by atoms with E-state index in [0.717, 1.165) is 46.8 Å². The summed E-state index contributed by atoms with van der Waals surface area (Å²) in [6.45, 7) is 5.84. The first kappa shape index (κ1) is 15.3. The van der Waals surface area contributed by atoms with Crippen LogP contribution in [0, 0.1) is 0 Å². The van der Waals surface area contributed by atoms with Gasteiger partial charge in [0.25, 0.3) is 0 Å². The number of anilines is 1. The smallest absolute Gasteiger partial charge is 0.155 e. The number of fused-ring (bicyclic) bond motifs is 2. The van der Waals surface area contributed by atoms with E-state index in [0.29, 0.717) is 0 Å². The minimum atomic E-state index is 0.186. The number of aromatic amines is 1. The quantitative estimate of drug-likeness (QED) is 0.598. The fourth-order valence-corrected chi connectivity index (χ4v) is 3.57. The summed E-state index contributed by atoms with van der Waals surface area (Å²) >= 11 is 0. The number of aromatic nitrogens is 6. The van der Waals surface area contributed by atoms with Crippen molar-refractivity contribution in [2.24, 2.45) is 0 Å². The molecule has 8 heteroatoms.